The maximum absolute atomic E-state index is 12.0. The van der Waals surface area contributed by atoms with Gasteiger partial charge in [0.2, 0.25) is 5.88 Å². The van der Waals surface area contributed by atoms with Crippen LogP contribution in [-0.2, 0) is 0 Å². The van der Waals surface area contributed by atoms with Gasteiger partial charge in [0, 0.05) is 6.54 Å². The standard InChI is InChI=1S/C11H16F3N3O/c1-7(2)18-10-8(15)3-4-9(17-10)16-6-5-11(12,13)14/h3-4,7H,5-6,15H2,1-2H3,(H,16,17). The van der Waals surface area contributed by atoms with Gasteiger partial charge in [-0.25, -0.2) is 0 Å². The van der Waals surface area contributed by atoms with Crippen molar-refractivity contribution in [2.45, 2.75) is 32.5 Å². The summed E-state index contributed by atoms with van der Waals surface area (Å²) >= 11 is 0. The molecule has 3 N–H and O–H groups in total. The van der Waals surface area contributed by atoms with Gasteiger partial charge < -0.3 is 15.8 Å². The summed E-state index contributed by atoms with van der Waals surface area (Å²) in [6.45, 7) is 3.39. The maximum atomic E-state index is 12.0. The number of hydrogen-bond donors (Lipinski definition) is 2. The van der Waals surface area contributed by atoms with Crippen LogP contribution in [0, 0.1) is 0 Å². The molecule has 4 nitrogen and oxygen atoms in total. The van der Waals surface area contributed by atoms with E-state index in [-0.39, 0.29) is 18.5 Å². The highest BCUT2D eigenvalue weighted by molar-refractivity contribution is 5.53. The quantitative estimate of drug-likeness (QED) is 0.857. The number of hydrogen-bond acceptors (Lipinski definition) is 4. The number of nitrogens with two attached hydrogens (primary N) is 1. The summed E-state index contributed by atoms with van der Waals surface area (Å²) in [5, 5.41) is 2.58. The Morgan fingerprint density at radius 2 is 2.06 bits per heavy atom. The van der Waals surface area contributed by atoms with Gasteiger partial charge >= 0.3 is 6.18 Å². The second kappa shape index (κ2) is 5.79. The van der Waals surface area contributed by atoms with Gasteiger partial charge in [0.15, 0.2) is 0 Å². The van der Waals surface area contributed by atoms with Gasteiger partial charge in [0.05, 0.1) is 18.2 Å². The Morgan fingerprint density at radius 1 is 1.39 bits per heavy atom. The highest BCUT2D eigenvalue weighted by atomic mass is 19.4. The Hall–Kier alpha value is -1.66. The van der Waals surface area contributed by atoms with Crippen molar-refractivity contribution in [3.8, 4) is 5.88 Å². The molecule has 0 aromatic carbocycles. The fraction of sp³-hybridized carbons (Fsp3) is 0.545. The van der Waals surface area contributed by atoms with E-state index in [1.54, 1.807) is 6.07 Å². The molecule has 7 heteroatoms. The van der Waals surface area contributed by atoms with Crippen molar-refractivity contribution in [2.75, 3.05) is 17.6 Å². The fourth-order valence-electron chi connectivity index (χ4n) is 1.20. The van der Waals surface area contributed by atoms with Gasteiger partial charge in [-0.2, -0.15) is 18.2 Å². The zero-order chi connectivity index (χ0) is 13.8. The van der Waals surface area contributed by atoms with Crippen LogP contribution in [0.2, 0.25) is 0 Å². The maximum Gasteiger partial charge on any atom is 0.390 e. The first kappa shape index (κ1) is 14.4. The molecule has 0 aliphatic heterocycles. The highest BCUT2D eigenvalue weighted by Gasteiger charge is 2.26. The van der Waals surface area contributed by atoms with Gasteiger partial charge in [0.25, 0.3) is 0 Å². The number of halogens is 3. The van der Waals surface area contributed by atoms with Crippen LogP contribution in [0.5, 0.6) is 5.88 Å². The van der Waals surface area contributed by atoms with Gasteiger partial charge in [-0.3, -0.25) is 0 Å². The smallest absolute Gasteiger partial charge is 0.390 e. The number of rotatable bonds is 5. The molecule has 0 fully saturated rings. The van der Waals surface area contributed by atoms with E-state index in [0.29, 0.717) is 11.5 Å². The molecule has 0 unspecified atom stereocenters. The number of aromatic nitrogens is 1. The van der Waals surface area contributed by atoms with E-state index in [2.05, 4.69) is 10.3 Å². The first-order valence-corrected chi connectivity index (χ1v) is 5.52. The van der Waals surface area contributed by atoms with E-state index in [1.807, 2.05) is 13.8 Å². The molecule has 0 amide bonds. The lowest BCUT2D eigenvalue weighted by Gasteiger charge is -2.13. The minimum Gasteiger partial charge on any atom is -0.473 e. The van der Waals surface area contributed by atoms with Gasteiger partial charge in [-0.05, 0) is 26.0 Å². The summed E-state index contributed by atoms with van der Waals surface area (Å²) in [7, 11) is 0. The van der Waals surface area contributed by atoms with Crippen LogP contribution in [0.4, 0.5) is 24.7 Å². The summed E-state index contributed by atoms with van der Waals surface area (Å²) in [5.41, 5.74) is 5.99. The monoisotopic (exact) mass is 263 g/mol. The van der Waals surface area contributed by atoms with E-state index >= 15 is 0 Å². The average molecular weight is 263 g/mol. The second-order valence-corrected chi connectivity index (χ2v) is 4.05. The Morgan fingerprint density at radius 3 is 2.61 bits per heavy atom. The number of anilines is 2. The number of alkyl halides is 3. The van der Waals surface area contributed by atoms with Crippen molar-refractivity contribution in [1.82, 2.24) is 4.98 Å². The molecule has 0 atom stereocenters. The minimum absolute atomic E-state index is 0.106. The summed E-state index contributed by atoms with van der Waals surface area (Å²) < 4.78 is 41.2. The predicted molar refractivity (Wildman–Crippen MR) is 63.6 cm³/mol. The zero-order valence-corrected chi connectivity index (χ0v) is 10.2. The van der Waals surface area contributed by atoms with Crippen LogP contribution in [-0.4, -0.2) is 23.8 Å². The van der Waals surface area contributed by atoms with Crippen molar-refractivity contribution in [3.05, 3.63) is 12.1 Å². The molecule has 18 heavy (non-hydrogen) atoms. The predicted octanol–water partition coefficient (Wildman–Crippen LogP) is 2.82. The molecule has 0 radical (unpaired) electrons. The van der Waals surface area contributed by atoms with E-state index < -0.39 is 12.6 Å². The topological polar surface area (TPSA) is 60.2 Å². The average Bonchev–Trinajstić information content (AvgIpc) is 2.20. The molecular formula is C11H16F3N3O. The van der Waals surface area contributed by atoms with Crippen molar-refractivity contribution in [2.24, 2.45) is 0 Å². The fourth-order valence-corrected chi connectivity index (χ4v) is 1.20. The lowest BCUT2D eigenvalue weighted by atomic mass is 10.3. The SMILES string of the molecule is CC(C)Oc1nc(NCCC(F)(F)F)ccc1N. The van der Waals surface area contributed by atoms with E-state index in [9.17, 15) is 13.2 Å². The largest absolute Gasteiger partial charge is 0.473 e. The molecule has 0 bridgehead atoms. The summed E-state index contributed by atoms with van der Waals surface area (Å²) in [4.78, 5) is 4.01. The number of ether oxygens (including phenoxy) is 1. The molecule has 0 aliphatic carbocycles. The Kier molecular flexibility index (Phi) is 4.63. The van der Waals surface area contributed by atoms with Gasteiger partial charge in [0.1, 0.15) is 5.82 Å². The third-order valence-electron chi connectivity index (χ3n) is 1.95. The summed E-state index contributed by atoms with van der Waals surface area (Å²) in [6, 6.07) is 3.06. The van der Waals surface area contributed by atoms with Crippen LogP contribution < -0.4 is 15.8 Å². The second-order valence-electron chi connectivity index (χ2n) is 4.05. The highest BCUT2D eigenvalue weighted by Crippen LogP contribution is 2.23. The van der Waals surface area contributed by atoms with Crippen molar-refractivity contribution >= 4 is 11.5 Å². The summed E-state index contributed by atoms with van der Waals surface area (Å²) in [6.07, 6.45) is -5.21. The van der Waals surface area contributed by atoms with Crippen LogP contribution >= 0.6 is 0 Å². The molecule has 1 aromatic heterocycles. The molecule has 1 heterocycles. The molecule has 0 saturated carbocycles. The van der Waals surface area contributed by atoms with Crippen LogP contribution in [0.15, 0.2) is 12.1 Å². The third-order valence-corrected chi connectivity index (χ3v) is 1.95. The van der Waals surface area contributed by atoms with Crippen molar-refractivity contribution in [1.29, 1.82) is 0 Å². The first-order chi connectivity index (χ1) is 8.28. The van der Waals surface area contributed by atoms with Crippen molar-refractivity contribution < 1.29 is 17.9 Å². The first-order valence-electron chi connectivity index (χ1n) is 5.52. The van der Waals surface area contributed by atoms with Crippen LogP contribution in [0.3, 0.4) is 0 Å². The Labute approximate surface area is 103 Å². The van der Waals surface area contributed by atoms with Crippen LogP contribution in [0.1, 0.15) is 20.3 Å². The number of pyridine rings is 1. The minimum atomic E-state index is -4.18. The lowest BCUT2D eigenvalue weighted by molar-refractivity contribution is -0.131. The lowest BCUT2D eigenvalue weighted by Crippen LogP contribution is -2.15. The Bertz CT molecular complexity index is 394. The Balaban J connectivity index is 2.61. The molecule has 0 saturated heterocycles. The normalized spacial score (nSPS) is 11.7. The molecule has 102 valence electrons. The molecule has 0 aliphatic rings. The number of nitrogen functional groups attached to an aromatic ring is 1. The van der Waals surface area contributed by atoms with E-state index in [4.69, 9.17) is 10.5 Å². The van der Waals surface area contributed by atoms with E-state index in [0.717, 1.165) is 0 Å². The van der Waals surface area contributed by atoms with Crippen LogP contribution in [0.25, 0.3) is 0 Å². The van der Waals surface area contributed by atoms with Crippen molar-refractivity contribution in [3.63, 3.8) is 0 Å². The third kappa shape index (κ3) is 5.11. The molecular weight excluding hydrogens is 247 g/mol. The van der Waals surface area contributed by atoms with Gasteiger partial charge in [-0.1, -0.05) is 0 Å². The van der Waals surface area contributed by atoms with Gasteiger partial charge in [-0.15, -0.1) is 0 Å². The van der Waals surface area contributed by atoms with E-state index in [1.165, 1.54) is 6.07 Å². The zero-order valence-electron chi connectivity index (χ0n) is 10.2. The summed E-state index contributed by atoms with van der Waals surface area (Å²) in [5.74, 6) is 0.533. The molecule has 0 spiro atoms. The molecule has 1 rings (SSSR count). The molecule has 1 aromatic rings. The number of nitrogens with one attached hydrogen (secondary N) is 1. The number of nitrogens with zero attached hydrogens (tertiary/aromatic N) is 1.